The molecule has 0 fully saturated rings. The number of aryl methyl sites for hydroxylation is 1. The van der Waals surface area contributed by atoms with Gasteiger partial charge in [0.2, 0.25) is 0 Å². The minimum absolute atomic E-state index is 0.235. The van der Waals surface area contributed by atoms with Gasteiger partial charge in [-0.05, 0) is 12.8 Å². The van der Waals surface area contributed by atoms with E-state index in [4.69, 9.17) is 4.74 Å². The van der Waals surface area contributed by atoms with Crippen LogP contribution >= 0.6 is 0 Å². The second-order valence-corrected chi connectivity index (χ2v) is 4.60. The van der Waals surface area contributed by atoms with Crippen LogP contribution in [0.1, 0.15) is 29.4 Å². The average molecular weight is 293 g/mol. The molecule has 21 heavy (non-hydrogen) atoms. The monoisotopic (exact) mass is 293 g/mol. The van der Waals surface area contributed by atoms with E-state index in [0.29, 0.717) is 30.7 Å². The van der Waals surface area contributed by atoms with Crippen LogP contribution in [0.15, 0.2) is 12.5 Å². The molecule has 0 saturated carbocycles. The van der Waals surface area contributed by atoms with Gasteiger partial charge in [-0.2, -0.15) is 10.1 Å². The largest absolute Gasteiger partial charge is 0.391 e. The number of fused-ring (bicyclic) bond motifs is 1. The molecule has 0 aromatic carbocycles. The zero-order chi connectivity index (χ0) is 15.2. The molecule has 0 saturated heterocycles. The SMILES string of the molecule is CCc1c(C(=O)NCCC(O)COC)cnc2ncnn12. The third kappa shape index (κ3) is 3.53. The molecule has 2 rings (SSSR count). The second kappa shape index (κ2) is 7.09. The van der Waals surface area contributed by atoms with Crippen LogP contribution < -0.4 is 5.32 Å². The smallest absolute Gasteiger partial charge is 0.254 e. The van der Waals surface area contributed by atoms with E-state index in [2.05, 4.69) is 20.4 Å². The van der Waals surface area contributed by atoms with E-state index in [1.165, 1.54) is 19.6 Å². The minimum Gasteiger partial charge on any atom is -0.391 e. The normalized spacial score (nSPS) is 12.5. The van der Waals surface area contributed by atoms with Gasteiger partial charge < -0.3 is 15.2 Å². The Morgan fingerprint density at radius 3 is 3.05 bits per heavy atom. The number of carbonyl (C=O) groups excluding carboxylic acids is 1. The lowest BCUT2D eigenvalue weighted by Crippen LogP contribution is -2.29. The summed E-state index contributed by atoms with van der Waals surface area (Å²) in [6, 6.07) is 0. The Bertz CT molecular complexity index is 613. The molecule has 1 amide bonds. The molecule has 8 heteroatoms. The van der Waals surface area contributed by atoms with Gasteiger partial charge in [0.25, 0.3) is 11.7 Å². The summed E-state index contributed by atoms with van der Waals surface area (Å²) in [6.07, 6.45) is 3.39. The van der Waals surface area contributed by atoms with Crippen molar-refractivity contribution < 1.29 is 14.6 Å². The van der Waals surface area contributed by atoms with Crippen molar-refractivity contribution in [2.75, 3.05) is 20.3 Å². The maximum Gasteiger partial charge on any atom is 0.254 e. The van der Waals surface area contributed by atoms with Gasteiger partial charge in [0, 0.05) is 19.9 Å². The van der Waals surface area contributed by atoms with E-state index in [1.807, 2.05) is 6.92 Å². The maximum atomic E-state index is 12.2. The molecular weight excluding hydrogens is 274 g/mol. The van der Waals surface area contributed by atoms with Crippen LogP contribution in [0.3, 0.4) is 0 Å². The molecule has 2 N–H and O–H groups in total. The Kier molecular flexibility index (Phi) is 5.18. The van der Waals surface area contributed by atoms with E-state index in [9.17, 15) is 9.90 Å². The summed E-state index contributed by atoms with van der Waals surface area (Å²) in [5.41, 5.74) is 1.23. The van der Waals surface area contributed by atoms with Crippen molar-refractivity contribution in [2.45, 2.75) is 25.9 Å². The Labute approximate surface area is 122 Å². The van der Waals surface area contributed by atoms with Crippen LogP contribution in [0.5, 0.6) is 0 Å². The van der Waals surface area contributed by atoms with Gasteiger partial charge in [-0.25, -0.2) is 9.50 Å². The first-order valence-electron chi connectivity index (χ1n) is 6.80. The number of aliphatic hydroxyl groups is 1. The summed E-state index contributed by atoms with van der Waals surface area (Å²) in [6.45, 7) is 2.56. The fraction of sp³-hybridized carbons (Fsp3) is 0.538. The van der Waals surface area contributed by atoms with E-state index in [-0.39, 0.29) is 12.5 Å². The molecule has 8 nitrogen and oxygen atoms in total. The summed E-state index contributed by atoms with van der Waals surface area (Å²) in [5, 5.41) is 16.4. The summed E-state index contributed by atoms with van der Waals surface area (Å²) in [7, 11) is 1.52. The van der Waals surface area contributed by atoms with Crippen LogP contribution in [-0.4, -0.2) is 57.0 Å². The van der Waals surface area contributed by atoms with Gasteiger partial charge in [-0.3, -0.25) is 4.79 Å². The van der Waals surface area contributed by atoms with Crippen molar-refractivity contribution in [3.05, 3.63) is 23.8 Å². The summed E-state index contributed by atoms with van der Waals surface area (Å²) in [5.74, 6) is 0.236. The number of methoxy groups -OCH3 is 1. The number of ether oxygens (including phenoxy) is 1. The summed E-state index contributed by atoms with van der Waals surface area (Å²) in [4.78, 5) is 20.3. The number of carbonyl (C=O) groups is 1. The Hall–Kier alpha value is -2.06. The number of rotatable bonds is 7. The molecule has 0 bridgehead atoms. The molecule has 2 aromatic rings. The van der Waals surface area contributed by atoms with E-state index < -0.39 is 6.10 Å². The number of aromatic nitrogens is 4. The molecule has 114 valence electrons. The quantitative estimate of drug-likeness (QED) is 0.734. The molecule has 0 aliphatic heterocycles. The Balaban J connectivity index is 2.05. The molecule has 1 unspecified atom stereocenters. The predicted octanol–water partition coefficient (Wildman–Crippen LogP) is -0.186. The molecule has 0 spiro atoms. The first-order valence-corrected chi connectivity index (χ1v) is 6.80. The molecule has 2 aromatic heterocycles. The van der Waals surface area contributed by atoms with Crippen molar-refractivity contribution in [1.82, 2.24) is 24.9 Å². The zero-order valence-electron chi connectivity index (χ0n) is 12.1. The van der Waals surface area contributed by atoms with Crippen molar-refractivity contribution in [3.63, 3.8) is 0 Å². The van der Waals surface area contributed by atoms with Gasteiger partial charge in [-0.15, -0.1) is 0 Å². The zero-order valence-corrected chi connectivity index (χ0v) is 12.1. The number of nitrogens with one attached hydrogen (secondary N) is 1. The van der Waals surface area contributed by atoms with Crippen LogP contribution in [0.2, 0.25) is 0 Å². The molecule has 2 heterocycles. The molecular formula is C13H19N5O3. The van der Waals surface area contributed by atoms with Crippen LogP contribution in [0.4, 0.5) is 0 Å². The average Bonchev–Trinajstić information content (AvgIpc) is 2.94. The van der Waals surface area contributed by atoms with Crippen molar-refractivity contribution in [1.29, 1.82) is 0 Å². The lowest BCUT2D eigenvalue weighted by molar-refractivity contribution is 0.0587. The predicted molar refractivity (Wildman–Crippen MR) is 75.0 cm³/mol. The lowest BCUT2D eigenvalue weighted by atomic mass is 10.1. The van der Waals surface area contributed by atoms with Crippen molar-refractivity contribution >= 4 is 11.7 Å². The number of hydrogen-bond donors (Lipinski definition) is 2. The van der Waals surface area contributed by atoms with Gasteiger partial charge in [0.1, 0.15) is 6.33 Å². The highest BCUT2D eigenvalue weighted by atomic mass is 16.5. The summed E-state index contributed by atoms with van der Waals surface area (Å²) < 4.78 is 6.39. The van der Waals surface area contributed by atoms with Gasteiger partial charge in [0.05, 0.1) is 24.0 Å². The van der Waals surface area contributed by atoms with Gasteiger partial charge in [0.15, 0.2) is 0 Å². The highest BCUT2D eigenvalue weighted by Gasteiger charge is 2.15. The van der Waals surface area contributed by atoms with Crippen LogP contribution in [-0.2, 0) is 11.2 Å². The number of hydrogen-bond acceptors (Lipinski definition) is 6. The topological polar surface area (TPSA) is 102 Å². The second-order valence-electron chi connectivity index (χ2n) is 4.60. The lowest BCUT2D eigenvalue weighted by Gasteiger charge is -2.12. The molecule has 0 aliphatic carbocycles. The minimum atomic E-state index is -0.586. The summed E-state index contributed by atoms with van der Waals surface area (Å²) >= 11 is 0. The fourth-order valence-electron chi connectivity index (χ4n) is 2.08. The van der Waals surface area contributed by atoms with Crippen LogP contribution in [0.25, 0.3) is 5.78 Å². The maximum absolute atomic E-state index is 12.2. The molecule has 1 atom stereocenters. The van der Waals surface area contributed by atoms with E-state index in [1.54, 1.807) is 4.52 Å². The van der Waals surface area contributed by atoms with E-state index in [0.717, 1.165) is 5.69 Å². The van der Waals surface area contributed by atoms with Crippen molar-refractivity contribution in [2.24, 2.45) is 0 Å². The number of aliphatic hydroxyl groups excluding tert-OH is 1. The first-order chi connectivity index (χ1) is 10.2. The number of amides is 1. The van der Waals surface area contributed by atoms with E-state index >= 15 is 0 Å². The van der Waals surface area contributed by atoms with Gasteiger partial charge in [-0.1, -0.05) is 6.92 Å². The standard InChI is InChI=1S/C13H19N5O3/c1-3-11-10(6-15-13-16-8-17-18(11)13)12(20)14-5-4-9(19)7-21-2/h6,8-9,19H,3-5,7H2,1-2H3,(H,14,20). The molecule has 0 radical (unpaired) electrons. The third-order valence-corrected chi connectivity index (χ3v) is 3.11. The fourth-order valence-corrected chi connectivity index (χ4v) is 2.08. The van der Waals surface area contributed by atoms with Crippen LogP contribution in [0, 0.1) is 0 Å². The third-order valence-electron chi connectivity index (χ3n) is 3.11. The first kappa shape index (κ1) is 15.3. The van der Waals surface area contributed by atoms with Crippen molar-refractivity contribution in [3.8, 4) is 0 Å². The highest BCUT2D eigenvalue weighted by Crippen LogP contribution is 2.09. The highest BCUT2D eigenvalue weighted by molar-refractivity contribution is 5.95. The van der Waals surface area contributed by atoms with Gasteiger partial charge >= 0.3 is 0 Å². The molecule has 0 aliphatic rings. The number of nitrogens with zero attached hydrogens (tertiary/aromatic N) is 4. The Morgan fingerprint density at radius 2 is 2.33 bits per heavy atom. The Morgan fingerprint density at radius 1 is 1.52 bits per heavy atom.